The van der Waals surface area contributed by atoms with Crippen molar-refractivity contribution in [3.05, 3.63) is 17.2 Å². The second-order valence-electron chi connectivity index (χ2n) is 4.26. The number of hydrogen-bond donors (Lipinski definition) is 2. The summed E-state index contributed by atoms with van der Waals surface area (Å²) in [6.07, 6.45) is 4.01. The minimum Gasteiger partial charge on any atom is -0.478 e. The molecule has 98 valence electrons. The van der Waals surface area contributed by atoms with Crippen molar-refractivity contribution < 1.29 is 14.7 Å². The number of carboxylic acids is 1. The van der Waals surface area contributed by atoms with E-state index in [2.05, 4.69) is 10.3 Å². The largest absolute Gasteiger partial charge is 0.478 e. The van der Waals surface area contributed by atoms with Gasteiger partial charge in [0.05, 0.1) is 0 Å². The highest BCUT2D eigenvalue weighted by molar-refractivity contribution is 7.16. The molecule has 6 heteroatoms. The molecule has 5 nitrogen and oxygen atoms in total. The first-order valence-electron chi connectivity index (χ1n) is 5.58. The van der Waals surface area contributed by atoms with E-state index < -0.39 is 5.97 Å². The molecule has 0 aliphatic heterocycles. The quantitative estimate of drug-likeness (QED) is 0.804. The van der Waals surface area contributed by atoms with Crippen molar-refractivity contribution in [2.24, 2.45) is 11.8 Å². The number of amides is 1. The smallest absolute Gasteiger partial charge is 0.328 e. The number of rotatable bonds is 5. The molecule has 0 saturated heterocycles. The number of anilines is 1. The Hall–Kier alpha value is -1.69. The Labute approximate surface area is 110 Å². The second kappa shape index (κ2) is 6.30. The van der Waals surface area contributed by atoms with Crippen LogP contribution in [0.5, 0.6) is 0 Å². The van der Waals surface area contributed by atoms with Gasteiger partial charge in [0.15, 0.2) is 5.13 Å². The molecular formula is C12H16N2O3S. The van der Waals surface area contributed by atoms with Gasteiger partial charge in [0, 0.05) is 23.1 Å². The second-order valence-corrected chi connectivity index (χ2v) is 5.32. The SMILES string of the molecule is CC(C)C(C)C(=O)Nc1ncc(C=CC(=O)O)s1. The van der Waals surface area contributed by atoms with E-state index in [9.17, 15) is 9.59 Å². The van der Waals surface area contributed by atoms with Gasteiger partial charge < -0.3 is 10.4 Å². The van der Waals surface area contributed by atoms with E-state index in [0.717, 1.165) is 6.08 Å². The summed E-state index contributed by atoms with van der Waals surface area (Å²) < 4.78 is 0. The van der Waals surface area contributed by atoms with Gasteiger partial charge in [-0.15, -0.1) is 0 Å². The van der Waals surface area contributed by atoms with Crippen LogP contribution in [0.25, 0.3) is 6.08 Å². The average Bonchev–Trinajstić information content (AvgIpc) is 2.72. The Balaban J connectivity index is 2.64. The molecule has 0 aliphatic carbocycles. The molecule has 1 atom stereocenters. The number of aromatic nitrogens is 1. The normalized spacial score (nSPS) is 12.9. The Bertz CT molecular complexity index is 466. The lowest BCUT2D eigenvalue weighted by Gasteiger charge is -2.13. The van der Waals surface area contributed by atoms with Crippen molar-refractivity contribution in [3.63, 3.8) is 0 Å². The first-order valence-corrected chi connectivity index (χ1v) is 6.39. The maximum Gasteiger partial charge on any atom is 0.328 e. The summed E-state index contributed by atoms with van der Waals surface area (Å²) in [6, 6.07) is 0. The molecule has 1 amide bonds. The summed E-state index contributed by atoms with van der Waals surface area (Å²) in [7, 11) is 0. The molecule has 0 aromatic carbocycles. The molecule has 0 radical (unpaired) electrons. The summed E-state index contributed by atoms with van der Waals surface area (Å²) in [5, 5.41) is 11.7. The fourth-order valence-electron chi connectivity index (χ4n) is 1.10. The van der Waals surface area contributed by atoms with Crippen molar-refractivity contribution >= 4 is 34.4 Å². The highest BCUT2D eigenvalue weighted by atomic mass is 32.1. The van der Waals surface area contributed by atoms with E-state index in [1.807, 2.05) is 20.8 Å². The van der Waals surface area contributed by atoms with E-state index >= 15 is 0 Å². The minimum atomic E-state index is -1.01. The van der Waals surface area contributed by atoms with E-state index in [1.54, 1.807) is 0 Å². The van der Waals surface area contributed by atoms with Crippen LogP contribution in [0.15, 0.2) is 12.3 Å². The number of nitrogens with zero attached hydrogens (tertiary/aromatic N) is 1. The topological polar surface area (TPSA) is 79.3 Å². The third-order valence-electron chi connectivity index (χ3n) is 2.56. The summed E-state index contributed by atoms with van der Waals surface area (Å²) in [6.45, 7) is 5.82. The van der Waals surface area contributed by atoms with Crippen LogP contribution in [0, 0.1) is 11.8 Å². The number of carbonyl (C=O) groups is 2. The van der Waals surface area contributed by atoms with Crippen LogP contribution in [0.4, 0.5) is 5.13 Å². The van der Waals surface area contributed by atoms with Crippen LogP contribution in [-0.2, 0) is 9.59 Å². The van der Waals surface area contributed by atoms with Gasteiger partial charge in [-0.3, -0.25) is 4.79 Å². The van der Waals surface area contributed by atoms with E-state index in [1.165, 1.54) is 23.6 Å². The Morgan fingerprint density at radius 2 is 2.11 bits per heavy atom. The Morgan fingerprint density at radius 3 is 2.67 bits per heavy atom. The van der Waals surface area contributed by atoms with Gasteiger partial charge in [-0.1, -0.05) is 32.1 Å². The van der Waals surface area contributed by atoms with Crippen molar-refractivity contribution in [1.29, 1.82) is 0 Å². The zero-order valence-electron chi connectivity index (χ0n) is 10.5. The van der Waals surface area contributed by atoms with Crippen molar-refractivity contribution in [3.8, 4) is 0 Å². The van der Waals surface area contributed by atoms with Gasteiger partial charge in [0.1, 0.15) is 0 Å². The van der Waals surface area contributed by atoms with Crippen molar-refractivity contribution in [2.45, 2.75) is 20.8 Å². The fraction of sp³-hybridized carbons (Fsp3) is 0.417. The molecule has 0 fully saturated rings. The van der Waals surface area contributed by atoms with Crippen molar-refractivity contribution in [2.75, 3.05) is 5.32 Å². The van der Waals surface area contributed by atoms with Crippen LogP contribution < -0.4 is 5.32 Å². The lowest BCUT2D eigenvalue weighted by molar-refractivity contribution is -0.131. The third kappa shape index (κ3) is 4.29. The number of thiazole rings is 1. The summed E-state index contributed by atoms with van der Waals surface area (Å²) in [5.74, 6) is -0.918. The first kappa shape index (κ1) is 14.4. The fourth-order valence-corrected chi connectivity index (χ4v) is 1.82. The van der Waals surface area contributed by atoms with E-state index in [4.69, 9.17) is 5.11 Å². The molecule has 1 rings (SSSR count). The van der Waals surface area contributed by atoms with Gasteiger partial charge in [-0.25, -0.2) is 9.78 Å². The van der Waals surface area contributed by atoms with Gasteiger partial charge in [-0.2, -0.15) is 0 Å². The molecule has 2 N–H and O–H groups in total. The maximum atomic E-state index is 11.8. The first-order chi connectivity index (χ1) is 8.40. The molecule has 1 unspecified atom stereocenters. The summed E-state index contributed by atoms with van der Waals surface area (Å²) in [5.41, 5.74) is 0. The van der Waals surface area contributed by atoms with E-state index in [0.29, 0.717) is 10.0 Å². The molecule has 1 heterocycles. The molecule has 0 bridgehead atoms. The molecule has 1 aromatic rings. The minimum absolute atomic E-state index is 0.0758. The van der Waals surface area contributed by atoms with Crippen LogP contribution in [0.1, 0.15) is 25.6 Å². The van der Waals surface area contributed by atoms with Crippen LogP contribution in [-0.4, -0.2) is 22.0 Å². The maximum absolute atomic E-state index is 11.8. The van der Waals surface area contributed by atoms with Gasteiger partial charge in [0.25, 0.3) is 0 Å². The standard InChI is InChI=1S/C12H16N2O3S/c1-7(2)8(3)11(17)14-12-13-6-9(18-12)4-5-10(15)16/h4-8H,1-3H3,(H,15,16)(H,13,14,17). The zero-order valence-corrected chi connectivity index (χ0v) is 11.3. The van der Waals surface area contributed by atoms with Crippen molar-refractivity contribution in [1.82, 2.24) is 4.98 Å². The van der Waals surface area contributed by atoms with Crippen LogP contribution in [0.2, 0.25) is 0 Å². The molecule has 0 saturated carbocycles. The monoisotopic (exact) mass is 268 g/mol. The third-order valence-corrected chi connectivity index (χ3v) is 3.44. The predicted octanol–water partition coefficient (Wildman–Crippen LogP) is 2.47. The van der Waals surface area contributed by atoms with E-state index in [-0.39, 0.29) is 17.7 Å². The number of hydrogen-bond acceptors (Lipinski definition) is 4. The Morgan fingerprint density at radius 1 is 1.44 bits per heavy atom. The predicted molar refractivity (Wildman–Crippen MR) is 71.4 cm³/mol. The number of carboxylic acid groups (broad SMARTS) is 1. The van der Waals surface area contributed by atoms with Gasteiger partial charge >= 0.3 is 5.97 Å². The Kier molecular flexibility index (Phi) is 5.03. The summed E-state index contributed by atoms with van der Waals surface area (Å²) in [4.78, 5) is 26.8. The van der Waals surface area contributed by atoms with Crippen LogP contribution in [0.3, 0.4) is 0 Å². The molecule has 0 aliphatic rings. The number of carbonyl (C=O) groups excluding carboxylic acids is 1. The average molecular weight is 268 g/mol. The molecule has 1 aromatic heterocycles. The number of aliphatic carboxylic acids is 1. The lowest BCUT2D eigenvalue weighted by atomic mass is 9.97. The van der Waals surface area contributed by atoms with Crippen LogP contribution >= 0.6 is 11.3 Å². The highest BCUT2D eigenvalue weighted by Crippen LogP contribution is 2.21. The molecule has 18 heavy (non-hydrogen) atoms. The lowest BCUT2D eigenvalue weighted by Crippen LogP contribution is -2.24. The van der Waals surface area contributed by atoms with Gasteiger partial charge in [-0.05, 0) is 12.0 Å². The highest BCUT2D eigenvalue weighted by Gasteiger charge is 2.17. The molecule has 0 spiro atoms. The zero-order chi connectivity index (χ0) is 13.7. The van der Waals surface area contributed by atoms with Gasteiger partial charge in [0.2, 0.25) is 5.91 Å². The summed E-state index contributed by atoms with van der Waals surface area (Å²) >= 11 is 1.24. The molecular weight excluding hydrogens is 252 g/mol. The number of nitrogens with one attached hydrogen (secondary N) is 1.